The molecule has 0 fully saturated rings. The topological polar surface area (TPSA) is 43.1 Å². The van der Waals surface area contributed by atoms with E-state index in [1.165, 1.54) is 0 Å². The number of rotatable bonds is 5. The fourth-order valence-electron chi connectivity index (χ4n) is 1.28. The van der Waals surface area contributed by atoms with Gasteiger partial charge in [0.2, 0.25) is 0 Å². The Bertz CT molecular complexity index is 351. The zero-order valence-electron chi connectivity index (χ0n) is 9.12. The Morgan fingerprint density at radius 2 is 1.93 bits per heavy atom. The van der Waals surface area contributed by atoms with Crippen LogP contribution in [0.2, 0.25) is 0 Å². The maximum Gasteiger partial charge on any atom is 0.166 e. The van der Waals surface area contributed by atoms with Gasteiger partial charge in [-0.3, -0.25) is 4.79 Å². The van der Waals surface area contributed by atoms with Crippen molar-refractivity contribution in [2.45, 2.75) is 26.3 Å². The molecule has 0 aliphatic heterocycles. The normalized spacial score (nSPS) is 10.0. The highest BCUT2D eigenvalue weighted by atomic mass is 16.1. The number of Topliss-reactive ketones (excluding diaryl/α,β-unsaturated/α-hetero) is 1. The molecule has 80 valence electrons. The van der Waals surface area contributed by atoms with Crippen LogP contribution in [-0.2, 0) is 6.54 Å². The van der Waals surface area contributed by atoms with Crippen LogP contribution in [0.25, 0.3) is 0 Å². The predicted molar refractivity (Wildman–Crippen MR) is 62.7 cm³/mol. The summed E-state index contributed by atoms with van der Waals surface area (Å²) in [4.78, 5) is 11.7. The van der Waals surface area contributed by atoms with E-state index in [4.69, 9.17) is 5.73 Å². The molecule has 0 atom stereocenters. The van der Waals surface area contributed by atoms with Gasteiger partial charge in [-0.25, -0.2) is 0 Å². The van der Waals surface area contributed by atoms with Crippen molar-refractivity contribution in [1.82, 2.24) is 0 Å². The van der Waals surface area contributed by atoms with E-state index in [0.717, 1.165) is 23.1 Å². The Balaban J connectivity index is 2.70. The Morgan fingerprint density at radius 3 is 2.40 bits per heavy atom. The second kappa shape index (κ2) is 5.47. The minimum Gasteiger partial charge on any atom is -0.326 e. The number of hydrogen-bond donors (Lipinski definition) is 1. The van der Waals surface area contributed by atoms with E-state index in [2.05, 4.69) is 6.58 Å². The molecule has 0 aliphatic carbocycles. The lowest BCUT2D eigenvalue weighted by Gasteiger charge is -2.03. The average Bonchev–Trinajstić information content (AvgIpc) is 2.29. The van der Waals surface area contributed by atoms with Crippen molar-refractivity contribution in [3.8, 4) is 0 Å². The Morgan fingerprint density at radius 1 is 1.33 bits per heavy atom. The van der Waals surface area contributed by atoms with Crippen LogP contribution in [0, 0.1) is 0 Å². The first kappa shape index (κ1) is 11.7. The van der Waals surface area contributed by atoms with Crippen LogP contribution in [-0.4, -0.2) is 5.78 Å². The van der Waals surface area contributed by atoms with Gasteiger partial charge in [-0.2, -0.15) is 0 Å². The number of hydrogen-bond acceptors (Lipinski definition) is 2. The van der Waals surface area contributed by atoms with Crippen LogP contribution in [0.4, 0.5) is 0 Å². The summed E-state index contributed by atoms with van der Waals surface area (Å²) in [5, 5.41) is 0. The van der Waals surface area contributed by atoms with E-state index in [9.17, 15) is 4.79 Å². The summed E-state index contributed by atoms with van der Waals surface area (Å²) in [6.07, 6.45) is 1.30. The quantitative estimate of drug-likeness (QED) is 0.590. The fraction of sp³-hybridized carbons (Fsp3) is 0.308. The highest BCUT2D eigenvalue weighted by molar-refractivity contribution is 5.97. The van der Waals surface area contributed by atoms with Gasteiger partial charge in [0.25, 0.3) is 0 Å². The smallest absolute Gasteiger partial charge is 0.166 e. The van der Waals surface area contributed by atoms with Gasteiger partial charge in [0, 0.05) is 18.5 Å². The molecule has 0 unspecified atom stereocenters. The van der Waals surface area contributed by atoms with E-state index in [1.54, 1.807) is 0 Å². The van der Waals surface area contributed by atoms with Gasteiger partial charge in [0.15, 0.2) is 5.78 Å². The van der Waals surface area contributed by atoms with E-state index < -0.39 is 0 Å². The Kier molecular flexibility index (Phi) is 4.25. The first-order valence-electron chi connectivity index (χ1n) is 5.16. The van der Waals surface area contributed by atoms with Crippen molar-refractivity contribution in [1.29, 1.82) is 0 Å². The highest BCUT2D eigenvalue weighted by Gasteiger charge is 2.06. The molecule has 2 heteroatoms. The second-order valence-corrected chi connectivity index (χ2v) is 3.60. The molecule has 1 rings (SSSR count). The third-order valence-corrected chi connectivity index (χ3v) is 2.42. The predicted octanol–water partition coefficient (Wildman–Crippen LogP) is 2.68. The molecular weight excluding hydrogens is 186 g/mol. The molecular formula is C13H17NO. The van der Waals surface area contributed by atoms with Crippen LogP contribution in [0.3, 0.4) is 0 Å². The summed E-state index contributed by atoms with van der Waals surface area (Å²) in [5.41, 5.74) is 8.23. The first-order valence-corrected chi connectivity index (χ1v) is 5.16. The zero-order chi connectivity index (χ0) is 11.3. The van der Waals surface area contributed by atoms with E-state index in [0.29, 0.717) is 13.0 Å². The largest absolute Gasteiger partial charge is 0.326 e. The van der Waals surface area contributed by atoms with Gasteiger partial charge in [0.1, 0.15) is 0 Å². The van der Waals surface area contributed by atoms with Gasteiger partial charge in [-0.15, -0.1) is 0 Å². The van der Waals surface area contributed by atoms with E-state index in [-0.39, 0.29) is 5.78 Å². The molecule has 0 radical (unpaired) electrons. The van der Waals surface area contributed by atoms with Crippen molar-refractivity contribution in [2.24, 2.45) is 5.73 Å². The lowest BCUT2D eigenvalue weighted by molar-refractivity contribution is 0.0992. The van der Waals surface area contributed by atoms with Crippen molar-refractivity contribution >= 4 is 5.78 Å². The van der Waals surface area contributed by atoms with Gasteiger partial charge in [0.05, 0.1) is 0 Å². The monoisotopic (exact) mass is 203 g/mol. The summed E-state index contributed by atoms with van der Waals surface area (Å²) in [7, 11) is 0. The molecule has 0 bridgehead atoms. The molecule has 2 N–H and O–H groups in total. The molecule has 0 aromatic heterocycles. The Hall–Kier alpha value is -1.41. The van der Waals surface area contributed by atoms with E-state index >= 15 is 0 Å². The summed E-state index contributed by atoms with van der Waals surface area (Å²) < 4.78 is 0. The minimum absolute atomic E-state index is 0.130. The van der Waals surface area contributed by atoms with Crippen molar-refractivity contribution in [3.05, 3.63) is 47.5 Å². The number of carbonyl (C=O) groups is 1. The van der Waals surface area contributed by atoms with Crippen molar-refractivity contribution in [2.75, 3.05) is 0 Å². The van der Waals surface area contributed by atoms with Crippen molar-refractivity contribution < 1.29 is 4.79 Å². The highest BCUT2D eigenvalue weighted by Crippen LogP contribution is 2.11. The summed E-state index contributed by atoms with van der Waals surface area (Å²) in [5.74, 6) is 0.130. The van der Waals surface area contributed by atoms with Crippen LogP contribution < -0.4 is 5.73 Å². The molecule has 1 aromatic carbocycles. The van der Waals surface area contributed by atoms with Crippen LogP contribution >= 0.6 is 0 Å². The molecule has 0 amide bonds. The lowest BCUT2D eigenvalue weighted by atomic mass is 10.0. The average molecular weight is 203 g/mol. The molecule has 0 spiro atoms. The maximum atomic E-state index is 11.7. The number of carbonyl (C=O) groups excluding carboxylic acids is 1. The summed E-state index contributed by atoms with van der Waals surface area (Å²) in [6.45, 7) is 6.35. The first-order chi connectivity index (χ1) is 7.17. The molecule has 0 saturated heterocycles. The third kappa shape index (κ3) is 3.33. The molecule has 0 aliphatic rings. The minimum atomic E-state index is 0.130. The second-order valence-electron chi connectivity index (χ2n) is 3.60. The zero-order valence-corrected chi connectivity index (χ0v) is 9.12. The molecule has 0 saturated carbocycles. The molecule has 2 nitrogen and oxygen atoms in total. The van der Waals surface area contributed by atoms with E-state index in [1.807, 2.05) is 31.2 Å². The van der Waals surface area contributed by atoms with Gasteiger partial charge in [-0.05, 0) is 12.0 Å². The molecule has 1 aromatic rings. The standard InChI is InChI=1S/C13H17NO/c1-3-10(2)8-13(15)12-6-4-11(9-14)5-7-12/h4-7H,2-3,8-9,14H2,1H3. The van der Waals surface area contributed by atoms with Gasteiger partial charge in [-0.1, -0.05) is 43.3 Å². The van der Waals surface area contributed by atoms with Crippen molar-refractivity contribution in [3.63, 3.8) is 0 Å². The number of allylic oxidation sites excluding steroid dienone is 1. The van der Waals surface area contributed by atoms with Crippen LogP contribution in [0.15, 0.2) is 36.4 Å². The molecule has 15 heavy (non-hydrogen) atoms. The van der Waals surface area contributed by atoms with Gasteiger partial charge >= 0.3 is 0 Å². The number of nitrogens with two attached hydrogens (primary N) is 1. The fourth-order valence-corrected chi connectivity index (χ4v) is 1.28. The number of ketones is 1. The number of benzene rings is 1. The summed E-state index contributed by atoms with van der Waals surface area (Å²) in [6, 6.07) is 7.44. The molecule has 0 heterocycles. The SMILES string of the molecule is C=C(CC)CC(=O)c1ccc(CN)cc1. The lowest BCUT2D eigenvalue weighted by Crippen LogP contribution is -2.01. The Labute approximate surface area is 90.8 Å². The third-order valence-electron chi connectivity index (χ3n) is 2.42. The van der Waals surface area contributed by atoms with Gasteiger partial charge < -0.3 is 5.73 Å². The maximum absolute atomic E-state index is 11.7. The van der Waals surface area contributed by atoms with Crippen LogP contribution in [0.5, 0.6) is 0 Å². The van der Waals surface area contributed by atoms with Crippen LogP contribution in [0.1, 0.15) is 35.7 Å². The summed E-state index contributed by atoms with van der Waals surface area (Å²) >= 11 is 0.